The van der Waals surface area contributed by atoms with Crippen LogP contribution in [0.3, 0.4) is 0 Å². The molecule has 0 aromatic heterocycles. The van der Waals surface area contributed by atoms with Gasteiger partial charge in [-0.3, -0.25) is 4.90 Å². The maximum absolute atomic E-state index is 11.1. The standard InChI is InChI=1S/C11H21N3O2/c1-16-11(15)13-9-4-6-14(8-9)10-3-2-5-12-7-10/h9-10,12H,2-8H2,1H3,(H,13,15). The molecule has 2 fully saturated rings. The summed E-state index contributed by atoms with van der Waals surface area (Å²) in [6, 6.07) is 0.910. The Kier molecular flexibility index (Phi) is 4.01. The summed E-state index contributed by atoms with van der Waals surface area (Å²) < 4.78 is 4.61. The van der Waals surface area contributed by atoms with E-state index >= 15 is 0 Å². The zero-order valence-electron chi connectivity index (χ0n) is 9.87. The topological polar surface area (TPSA) is 53.6 Å². The summed E-state index contributed by atoms with van der Waals surface area (Å²) >= 11 is 0. The molecule has 92 valence electrons. The van der Waals surface area contributed by atoms with E-state index in [9.17, 15) is 4.79 Å². The molecule has 0 bridgehead atoms. The lowest BCUT2D eigenvalue weighted by Crippen LogP contribution is -2.46. The van der Waals surface area contributed by atoms with Crippen molar-refractivity contribution in [1.82, 2.24) is 15.5 Å². The molecule has 2 aliphatic rings. The number of alkyl carbamates (subject to hydrolysis) is 1. The molecule has 0 aromatic rings. The highest BCUT2D eigenvalue weighted by Gasteiger charge is 2.29. The molecule has 2 saturated heterocycles. The smallest absolute Gasteiger partial charge is 0.407 e. The second kappa shape index (κ2) is 5.50. The number of hydrogen-bond donors (Lipinski definition) is 2. The van der Waals surface area contributed by atoms with Gasteiger partial charge < -0.3 is 15.4 Å². The maximum Gasteiger partial charge on any atom is 0.407 e. The Bertz CT molecular complexity index is 241. The fourth-order valence-corrected chi connectivity index (χ4v) is 2.61. The molecule has 0 aliphatic carbocycles. The third-order valence-electron chi connectivity index (χ3n) is 3.51. The minimum absolute atomic E-state index is 0.259. The van der Waals surface area contributed by atoms with E-state index in [0.29, 0.717) is 6.04 Å². The van der Waals surface area contributed by atoms with Crippen molar-refractivity contribution in [3.05, 3.63) is 0 Å². The van der Waals surface area contributed by atoms with Crippen LogP contribution in [0.15, 0.2) is 0 Å². The van der Waals surface area contributed by atoms with Gasteiger partial charge in [0.25, 0.3) is 0 Å². The molecular formula is C11H21N3O2. The fraction of sp³-hybridized carbons (Fsp3) is 0.909. The number of nitrogens with zero attached hydrogens (tertiary/aromatic N) is 1. The summed E-state index contributed by atoms with van der Waals surface area (Å²) in [7, 11) is 1.41. The molecule has 0 saturated carbocycles. The van der Waals surface area contributed by atoms with Gasteiger partial charge in [0.2, 0.25) is 0 Å². The van der Waals surface area contributed by atoms with E-state index in [1.54, 1.807) is 0 Å². The van der Waals surface area contributed by atoms with E-state index < -0.39 is 0 Å². The lowest BCUT2D eigenvalue weighted by atomic mass is 10.1. The highest BCUT2D eigenvalue weighted by molar-refractivity contribution is 5.67. The summed E-state index contributed by atoms with van der Waals surface area (Å²) in [5.74, 6) is 0. The Labute approximate surface area is 96.5 Å². The Morgan fingerprint density at radius 3 is 3.06 bits per heavy atom. The normalized spacial score (nSPS) is 31.3. The van der Waals surface area contributed by atoms with Gasteiger partial charge in [0.1, 0.15) is 0 Å². The molecule has 5 heteroatoms. The largest absolute Gasteiger partial charge is 0.453 e. The van der Waals surface area contributed by atoms with E-state index in [0.717, 1.165) is 32.6 Å². The molecular weight excluding hydrogens is 206 g/mol. The Balaban J connectivity index is 1.76. The minimum Gasteiger partial charge on any atom is -0.453 e. The maximum atomic E-state index is 11.1. The number of methoxy groups -OCH3 is 1. The first-order valence-corrected chi connectivity index (χ1v) is 6.09. The van der Waals surface area contributed by atoms with Gasteiger partial charge in [-0.2, -0.15) is 0 Å². The predicted octanol–water partition coefficient (Wildman–Crippen LogP) is 0.169. The summed E-state index contributed by atoms with van der Waals surface area (Å²) in [5.41, 5.74) is 0. The number of likely N-dealkylation sites (tertiary alicyclic amines) is 1. The van der Waals surface area contributed by atoms with Crippen molar-refractivity contribution in [2.24, 2.45) is 0 Å². The Morgan fingerprint density at radius 1 is 1.50 bits per heavy atom. The monoisotopic (exact) mass is 227 g/mol. The van der Waals surface area contributed by atoms with Gasteiger partial charge in [-0.05, 0) is 25.8 Å². The van der Waals surface area contributed by atoms with E-state index in [1.165, 1.54) is 20.0 Å². The van der Waals surface area contributed by atoms with Crippen LogP contribution in [0.4, 0.5) is 4.79 Å². The number of piperidine rings is 1. The zero-order valence-corrected chi connectivity index (χ0v) is 9.87. The molecule has 0 radical (unpaired) electrons. The second-order valence-corrected chi connectivity index (χ2v) is 4.62. The molecule has 0 spiro atoms. The highest BCUT2D eigenvalue weighted by atomic mass is 16.5. The minimum atomic E-state index is -0.311. The van der Waals surface area contributed by atoms with Crippen LogP contribution >= 0.6 is 0 Å². The molecule has 2 unspecified atom stereocenters. The summed E-state index contributed by atoms with van der Waals surface area (Å²) in [6.45, 7) is 4.28. The molecule has 2 rings (SSSR count). The first kappa shape index (κ1) is 11.7. The van der Waals surface area contributed by atoms with E-state index in [2.05, 4.69) is 20.3 Å². The van der Waals surface area contributed by atoms with Gasteiger partial charge >= 0.3 is 6.09 Å². The van der Waals surface area contributed by atoms with Gasteiger partial charge in [0.15, 0.2) is 0 Å². The lowest BCUT2D eigenvalue weighted by Gasteiger charge is -2.31. The van der Waals surface area contributed by atoms with E-state index in [4.69, 9.17) is 0 Å². The van der Waals surface area contributed by atoms with E-state index in [-0.39, 0.29) is 12.1 Å². The van der Waals surface area contributed by atoms with Crippen LogP contribution in [0.5, 0.6) is 0 Å². The average Bonchev–Trinajstić information content (AvgIpc) is 2.78. The van der Waals surface area contributed by atoms with Crippen LogP contribution in [-0.4, -0.2) is 56.4 Å². The molecule has 2 atom stereocenters. The lowest BCUT2D eigenvalue weighted by molar-refractivity contribution is 0.163. The number of hydrogen-bond acceptors (Lipinski definition) is 4. The van der Waals surface area contributed by atoms with Crippen LogP contribution in [-0.2, 0) is 4.74 Å². The zero-order chi connectivity index (χ0) is 11.4. The SMILES string of the molecule is COC(=O)NC1CCN(C2CCCNC2)C1. The summed E-state index contributed by atoms with van der Waals surface area (Å²) in [4.78, 5) is 13.6. The number of ether oxygens (including phenoxy) is 1. The van der Waals surface area contributed by atoms with Crippen molar-refractivity contribution in [2.45, 2.75) is 31.3 Å². The molecule has 16 heavy (non-hydrogen) atoms. The number of carbonyl (C=O) groups excluding carboxylic acids is 1. The quantitative estimate of drug-likeness (QED) is 0.706. The van der Waals surface area contributed by atoms with Crippen molar-refractivity contribution >= 4 is 6.09 Å². The van der Waals surface area contributed by atoms with Gasteiger partial charge in [0, 0.05) is 31.7 Å². The van der Waals surface area contributed by atoms with Crippen LogP contribution < -0.4 is 10.6 Å². The Hall–Kier alpha value is -0.810. The molecule has 5 nitrogen and oxygen atoms in total. The van der Waals surface area contributed by atoms with Gasteiger partial charge in [-0.15, -0.1) is 0 Å². The molecule has 0 aromatic carbocycles. The van der Waals surface area contributed by atoms with Crippen molar-refractivity contribution in [3.63, 3.8) is 0 Å². The molecule has 2 N–H and O–H groups in total. The summed E-state index contributed by atoms with van der Waals surface area (Å²) in [6.07, 6.45) is 3.26. The van der Waals surface area contributed by atoms with Gasteiger partial charge in [-0.1, -0.05) is 0 Å². The molecule has 2 heterocycles. The van der Waals surface area contributed by atoms with Crippen LogP contribution in [0.1, 0.15) is 19.3 Å². The van der Waals surface area contributed by atoms with E-state index in [1.807, 2.05) is 0 Å². The van der Waals surface area contributed by atoms with Crippen LogP contribution in [0.2, 0.25) is 0 Å². The third-order valence-corrected chi connectivity index (χ3v) is 3.51. The molecule has 2 aliphatic heterocycles. The van der Waals surface area contributed by atoms with Crippen LogP contribution in [0.25, 0.3) is 0 Å². The first-order chi connectivity index (χ1) is 7.79. The third kappa shape index (κ3) is 2.86. The number of nitrogens with one attached hydrogen (secondary N) is 2. The van der Waals surface area contributed by atoms with Crippen molar-refractivity contribution < 1.29 is 9.53 Å². The number of rotatable bonds is 2. The summed E-state index contributed by atoms with van der Waals surface area (Å²) in [5, 5.41) is 6.30. The number of carbonyl (C=O) groups is 1. The first-order valence-electron chi connectivity index (χ1n) is 6.09. The van der Waals surface area contributed by atoms with Crippen LogP contribution in [0, 0.1) is 0 Å². The van der Waals surface area contributed by atoms with Crippen molar-refractivity contribution in [2.75, 3.05) is 33.3 Å². The average molecular weight is 227 g/mol. The second-order valence-electron chi connectivity index (χ2n) is 4.62. The highest BCUT2D eigenvalue weighted by Crippen LogP contribution is 2.17. The fourth-order valence-electron chi connectivity index (χ4n) is 2.61. The Morgan fingerprint density at radius 2 is 2.38 bits per heavy atom. The predicted molar refractivity (Wildman–Crippen MR) is 61.4 cm³/mol. The van der Waals surface area contributed by atoms with Crippen molar-refractivity contribution in [3.8, 4) is 0 Å². The van der Waals surface area contributed by atoms with Gasteiger partial charge in [0.05, 0.1) is 7.11 Å². The molecule has 1 amide bonds. The number of amides is 1. The van der Waals surface area contributed by atoms with Gasteiger partial charge in [-0.25, -0.2) is 4.79 Å². The van der Waals surface area contributed by atoms with Crippen molar-refractivity contribution in [1.29, 1.82) is 0 Å².